The first-order valence-corrected chi connectivity index (χ1v) is 11.7. The summed E-state index contributed by atoms with van der Waals surface area (Å²) in [5, 5.41) is 22.9. The summed E-state index contributed by atoms with van der Waals surface area (Å²) in [5.74, 6) is -1.35. The summed E-state index contributed by atoms with van der Waals surface area (Å²) in [5.41, 5.74) is 6.72. The second-order valence-electron chi connectivity index (χ2n) is 6.72. The molecule has 30 heavy (non-hydrogen) atoms. The van der Waals surface area contributed by atoms with Crippen LogP contribution in [0, 0.1) is 11.3 Å². The van der Waals surface area contributed by atoms with Crippen LogP contribution >= 0.6 is 34.4 Å². The Bertz CT molecular complexity index is 1280. The molecule has 1 aliphatic rings. The average molecular weight is 461 g/mol. The van der Waals surface area contributed by atoms with Gasteiger partial charge in [0.2, 0.25) is 5.91 Å². The lowest BCUT2D eigenvalue weighted by Gasteiger charge is -2.09. The standard InChI is InChI=1S/C19H16N4O4S3/c20-6-9-8-3-1-2-4-11(8)29-18(9)23-13(26)7-28-19-14(17(21)27)15-16(30-19)10(24)5-12(25)22-15/h5H,1-4,7H2,(H2,21,27)(H,23,26)(H2,22,24,25). The Morgan fingerprint density at radius 2 is 2.10 bits per heavy atom. The fourth-order valence-electron chi connectivity index (χ4n) is 3.45. The van der Waals surface area contributed by atoms with Crippen LogP contribution in [0.5, 0.6) is 5.75 Å². The van der Waals surface area contributed by atoms with Gasteiger partial charge >= 0.3 is 0 Å². The van der Waals surface area contributed by atoms with Crippen molar-refractivity contribution in [2.45, 2.75) is 29.9 Å². The van der Waals surface area contributed by atoms with Gasteiger partial charge < -0.3 is 21.1 Å². The van der Waals surface area contributed by atoms with Gasteiger partial charge in [-0.15, -0.1) is 34.4 Å². The average Bonchev–Trinajstić information content (AvgIpc) is 3.23. The van der Waals surface area contributed by atoms with Crippen LogP contribution in [0.25, 0.3) is 10.2 Å². The molecule has 2 amide bonds. The Balaban J connectivity index is 1.56. The van der Waals surface area contributed by atoms with E-state index in [2.05, 4.69) is 16.4 Å². The Morgan fingerprint density at radius 3 is 2.83 bits per heavy atom. The van der Waals surface area contributed by atoms with E-state index in [4.69, 9.17) is 5.73 Å². The minimum Gasteiger partial charge on any atom is -0.506 e. The summed E-state index contributed by atoms with van der Waals surface area (Å²) in [6.45, 7) is 0. The summed E-state index contributed by atoms with van der Waals surface area (Å²) >= 11 is 3.61. The third-order valence-electron chi connectivity index (χ3n) is 4.74. The first kappa shape index (κ1) is 20.5. The van der Waals surface area contributed by atoms with Crippen molar-refractivity contribution < 1.29 is 14.7 Å². The van der Waals surface area contributed by atoms with Gasteiger partial charge in [0.05, 0.1) is 31.3 Å². The molecule has 3 heterocycles. The molecule has 4 rings (SSSR count). The van der Waals surface area contributed by atoms with E-state index >= 15 is 0 Å². The van der Waals surface area contributed by atoms with E-state index in [-0.39, 0.29) is 28.5 Å². The van der Waals surface area contributed by atoms with Crippen LogP contribution in [-0.2, 0) is 17.6 Å². The number of hydrogen-bond donors (Lipinski definition) is 4. The van der Waals surface area contributed by atoms with Crippen LogP contribution in [-0.4, -0.2) is 27.7 Å². The highest BCUT2D eigenvalue weighted by Gasteiger charge is 2.24. The number of H-pyrrole nitrogens is 1. The lowest BCUT2D eigenvalue weighted by atomic mass is 9.96. The van der Waals surface area contributed by atoms with E-state index in [1.807, 2.05) is 0 Å². The van der Waals surface area contributed by atoms with Crippen LogP contribution in [0.15, 0.2) is 15.1 Å². The first-order valence-electron chi connectivity index (χ1n) is 9.05. The zero-order valence-corrected chi connectivity index (χ0v) is 18.0. The normalized spacial score (nSPS) is 13.0. The number of thioether (sulfide) groups is 1. The van der Waals surface area contributed by atoms with E-state index in [9.17, 15) is 24.8 Å². The molecule has 0 saturated heterocycles. The molecule has 3 aromatic heterocycles. The van der Waals surface area contributed by atoms with E-state index in [1.165, 1.54) is 11.3 Å². The largest absolute Gasteiger partial charge is 0.506 e. The van der Waals surface area contributed by atoms with Crippen molar-refractivity contribution in [1.82, 2.24) is 4.98 Å². The number of primary amides is 1. The Hall–Kier alpha value is -2.81. The number of fused-ring (bicyclic) bond motifs is 2. The summed E-state index contributed by atoms with van der Waals surface area (Å²) in [4.78, 5) is 39.8. The SMILES string of the molecule is N#Cc1c(NC(=O)CSc2sc3c(O)cc(=O)[nH]c3c2C(N)=O)sc2c1CCCC2. The maximum Gasteiger partial charge on any atom is 0.252 e. The molecule has 0 fully saturated rings. The molecule has 0 aliphatic heterocycles. The number of nitrogens with one attached hydrogen (secondary N) is 2. The van der Waals surface area contributed by atoms with Crippen molar-refractivity contribution in [2.75, 3.05) is 11.1 Å². The van der Waals surface area contributed by atoms with Gasteiger partial charge in [-0.3, -0.25) is 14.4 Å². The maximum atomic E-state index is 12.5. The number of anilines is 1. The van der Waals surface area contributed by atoms with Gasteiger partial charge in [0.1, 0.15) is 16.8 Å². The number of aromatic nitrogens is 1. The second-order valence-corrected chi connectivity index (χ2v) is 10.1. The molecule has 154 valence electrons. The zero-order valence-electron chi connectivity index (χ0n) is 15.5. The number of thiophene rings is 2. The maximum absolute atomic E-state index is 12.5. The summed E-state index contributed by atoms with van der Waals surface area (Å²) in [7, 11) is 0. The number of aryl methyl sites for hydroxylation is 1. The number of nitriles is 1. The smallest absolute Gasteiger partial charge is 0.252 e. The number of carbonyl (C=O) groups excluding carboxylic acids is 2. The third-order valence-corrected chi connectivity index (χ3v) is 8.43. The summed E-state index contributed by atoms with van der Waals surface area (Å²) in [6, 6.07) is 3.23. The topological polar surface area (TPSA) is 149 Å². The van der Waals surface area contributed by atoms with Crippen molar-refractivity contribution in [3.05, 3.63) is 38.0 Å². The molecule has 8 nitrogen and oxygen atoms in total. The van der Waals surface area contributed by atoms with Crippen molar-refractivity contribution in [3.8, 4) is 11.8 Å². The van der Waals surface area contributed by atoms with Gasteiger partial charge in [-0.2, -0.15) is 5.26 Å². The van der Waals surface area contributed by atoms with Crippen LogP contribution in [0.1, 0.15) is 39.2 Å². The molecule has 0 atom stereocenters. The minimum absolute atomic E-state index is 0.0223. The van der Waals surface area contributed by atoms with Gasteiger partial charge in [-0.05, 0) is 31.2 Å². The predicted octanol–water partition coefficient (Wildman–Crippen LogP) is 2.94. The number of carbonyl (C=O) groups is 2. The third kappa shape index (κ3) is 3.69. The minimum atomic E-state index is -0.761. The van der Waals surface area contributed by atoms with E-state index < -0.39 is 11.5 Å². The quantitative estimate of drug-likeness (QED) is 0.430. The number of aromatic amines is 1. The van der Waals surface area contributed by atoms with Gasteiger partial charge in [-0.25, -0.2) is 0 Å². The van der Waals surface area contributed by atoms with Crippen LogP contribution in [0.2, 0.25) is 0 Å². The Morgan fingerprint density at radius 1 is 1.33 bits per heavy atom. The fraction of sp³-hybridized carbons (Fsp3) is 0.263. The van der Waals surface area contributed by atoms with Crippen LogP contribution in [0.4, 0.5) is 5.00 Å². The predicted molar refractivity (Wildman–Crippen MR) is 118 cm³/mol. The Kier molecular flexibility index (Phi) is 5.55. The number of hydrogen-bond acceptors (Lipinski definition) is 8. The highest BCUT2D eigenvalue weighted by atomic mass is 32.2. The Labute approximate surface area is 182 Å². The molecule has 3 aromatic rings. The molecule has 0 saturated carbocycles. The molecule has 0 radical (unpaired) electrons. The molecule has 0 spiro atoms. The van der Waals surface area contributed by atoms with Gasteiger partial charge in [0, 0.05) is 10.9 Å². The fourth-order valence-corrected chi connectivity index (χ4v) is 6.96. The van der Waals surface area contributed by atoms with Crippen LogP contribution < -0.4 is 16.6 Å². The molecular formula is C19H16N4O4S3. The number of amides is 2. The summed E-state index contributed by atoms with van der Waals surface area (Å²) in [6.07, 6.45) is 3.90. The number of pyridine rings is 1. The molecule has 0 aromatic carbocycles. The number of rotatable bonds is 5. The van der Waals surface area contributed by atoms with E-state index in [1.54, 1.807) is 0 Å². The molecule has 0 bridgehead atoms. The van der Waals surface area contributed by atoms with E-state index in [0.29, 0.717) is 19.5 Å². The lowest BCUT2D eigenvalue weighted by Crippen LogP contribution is -2.15. The first-order chi connectivity index (χ1) is 14.4. The summed E-state index contributed by atoms with van der Waals surface area (Å²) < 4.78 is 0.750. The monoisotopic (exact) mass is 460 g/mol. The number of nitrogens with two attached hydrogens (primary N) is 1. The van der Waals surface area contributed by atoms with E-state index in [0.717, 1.165) is 65.3 Å². The lowest BCUT2D eigenvalue weighted by molar-refractivity contribution is -0.113. The van der Waals surface area contributed by atoms with Gasteiger partial charge in [-0.1, -0.05) is 0 Å². The van der Waals surface area contributed by atoms with Crippen LogP contribution in [0.3, 0.4) is 0 Å². The van der Waals surface area contributed by atoms with Crippen molar-refractivity contribution >= 4 is 61.5 Å². The number of aromatic hydroxyl groups is 1. The van der Waals surface area contributed by atoms with Crippen molar-refractivity contribution in [1.29, 1.82) is 5.26 Å². The molecule has 0 unspecified atom stereocenters. The highest BCUT2D eigenvalue weighted by Crippen LogP contribution is 2.41. The zero-order chi connectivity index (χ0) is 21.4. The van der Waals surface area contributed by atoms with Crippen molar-refractivity contribution in [3.63, 3.8) is 0 Å². The molecule has 1 aliphatic carbocycles. The molecule has 11 heteroatoms. The molecule has 5 N–H and O–H groups in total. The number of nitrogens with zero attached hydrogens (tertiary/aromatic N) is 1. The van der Waals surface area contributed by atoms with Gasteiger partial charge in [0.25, 0.3) is 11.5 Å². The molecular weight excluding hydrogens is 444 g/mol. The highest BCUT2D eigenvalue weighted by molar-refractivity contribution is 8.02. The second kappa shape index (κ2) is 8.14. The van der Waals surface area contributed by atoms with Crippen molar-refractivity contribution in [2.24, 2.45) is 5.73 Å². The van der Waals surface area contributed by atoms with Gasteiger partial charge in [0.15, 0.2) is 0 Å².